The first-order valence-electron chi connectivity index (χ1n) is 9.88. The van der Waals surface area contributed by atoms with Gasteiger partial charge < -0.3 is 4.74 Å². The third-order valence-corrected chi connectivity index (χ3v) is 5.38. The van der Waals surface area contributed by atoms with Gasteiger partial charge in [0.25, 0.3) is 11.8 Å². The normalized spacial score (nSPS) is 19.4. The van der Waals surface area contributed by atoms with Gasteiger partial charge in [-0.3, -0.25) is 19.4 Å². The number of carbonyl (C=O) groups is 3. The van der Waals surface area contributed by atoms with Crippen molar-refractivity contribution in [2.75, 3.05) is 19.7 Å². The standard InChI is InChI=1S/C24H26N2O4/c1-4-16-30-23(29)24(3)22(28)26(21(27)20-12-10-18(2)11-13-20)15-14-25(24)17-19-8-6-5-7-9-19/h4-13H,1,14-17H2,2-3H3. The summed E-state index contributed by atoms with van der Waals surface area (Å²) < 4.78 is 5.26. The van der Waals surface area contributed by atoms with Crippen molar-refractivity contribution < 1.29 is 19.1 Å². The highest BCUT2D eigenvalue weighted by molar-refractivity contribution is 6.15. The van der Waals surface area contributed by atoms with Gasteiger partial charge in [-0.2, -0.15) is 0 Å². The maximum atomic E-state index is 13.5. The van der Waals surface area contributed by atoms with Crippen LogP contribution in [0.15, 0.2) is 67.3 Å². The number of imide groups is 1. The molecule has 2 amide bonds. The molecule has 0 bridgehead atoms. The van der Waals surface area contributed by atoms with E-state index in [0.717, 1.165) is 16.0 Å². The van der Waals surface area contributed by atoms with E-state index >= 15 is 0 Å². The zero-order valence-electron chi connectivity index (χ0n) is 17.3. The number of nitrogens with zero attached hydrogens (tertiary/aromatic N) is 2. The van der Waals surface area contributed by atoms with Crippen LogP contribution in [0.25, 0.3) is 0 Å². The van der Waals surface area contributed by atoms with Gasteiger partial charge >= 0.3 is 5.97 Å². The lowest BCUT2D eigenvalue weighted by molar-refractivity contribution is -0.169. The molecule has 1 unspecified atom stereocenters. The van der Waals surface area contributed by atoms with Crippen LogP contribution in [0, 0.1) is 6.92 Å². The van der Waals surface area contributed by atoms with Crippen molar-refractivity contribution in [1.29, 1.82) is 0 Å². The van der Waals surface area contributed by atoms with Crippen molar-refractivity contribution in [3.8, 4) is 0 Å². The summed E-state index contributed by atoms with van der Waals surface area (Å²) in [6, 6.07) is 16.6. The Labute approximate surface area is 176 Å². The summed E-state index contributed by atoms with van der Waals surface area (Å²) in [6.45, 7) is 7.94. The number of hydrogen-bond donors (Lipinski definition) is 0. The fourth-order valence-corrected chi connectivity index (χ4v) is 3.52. The molecule has 0 aliphatic carbocycles. The lowest BCUT2D eigenvalue weighted by atomic mass is 9.93. The van der Waals surface area contributed by atoms with Crippen LogP contribution in [-0.2, 0) is 20.9 Å². The molecule has 1 fully saturated rings. The average Bonchev–Trinajstić information content (AvgIpc) is 2.76. The van der Waals surface area contributed by atoms with Crippen molar-refractivity contribution in [2.24, 2.45) is 0 Å². The number of esters is 1. The molecule has 0 spiro atoms. The molecule has 0 saturated carbocycles. The lowest BCUT2D eigenvalue weighted by Crippen LogP contribution is -2.69. The number of hydrogen-bond acceptors (Lipinski definition) is 5. The first-order chi connectivity index (χ1) is 14.4. The molecule has 1 aliphatic heterocycles. The van der Waals surface area contributed by atoms with E-state index < -0.39 is 23.3 Å². The van der Waals surface area contributed by atoms with Gasteiger partial charge in [-0.15, -0.1) is 0 Å². The van der Waals surface area contributed by atoms with E-state index in [2.05, 4.69) is 6.58 Å². The zero-order chi connectivity index (χ0) is 21.7. The molecule has 0 radical (unpaired) electrons. The summed E-state index contributed by atoms with van der Waals surface area (Å²) in [4.78, 5) is 42.4. The van der Waals surface area contributed by atoms with E-state index in [4.69, 9.17) is 4.74 Å². The lowest BCUT2D eigenvalue weighted by Gasteiger charge is -2.45. The fourth-order valence-electron chi connectivity index (χ4n) is 3.52. The smallest absolute Gasteiger partial charge is 0.336 e. The largest absolute Gasteiger partial charge is 0.460 e. The molecule has 1 saturated heterocycles. The van der Waals surface area contributed by atoms with Gasteiger partial charge in [-0.05, 0) is 31.5 Å². The summed E-state index contributed by atoms with van der Waals surface area (Å²) in [5.41, 5.74) is 0.777. The molecule has 156 valence electrons. The van der Waals surface area contributed by atoms with Crippen LogP contribution in [0.4, 0.5) is 0 Å². The van der Waals surface area contributed by atoms with Gasteiger partial charge in [0.2, 0.25) is 0 Å². The van der Waals surface area contributed by atoms with Crippen LogP contribution in [0.5, 0.6) is 0 Å². The van der Waals surface area contributed by atoms with Gasteiger partial charge in [-0.1, -0.05) is 60.7 Å². The minimum atomic E-state index is -1.61. The van der Waals surface area contributed by atoms with E-state index in [9.17, 15) is 14.4 Å². The van der Waals surface area contributed by atoms with E-state index in [-0.39, 0.29) is 13.2 Å². The Morgan fingerprint density at radius 2 is 1.77 bits per heavy atom. The molecule has 0 aromatic heterocycles. The third-order valence-electron chi connectivity index (χ3n) is 5.38. The maximum Gasteiger partial charge on any atom is 0.336 e. The summed E-state index contributed by atoms with van der Waals surface area (Å²) >= 11 is 0. The average molecular weight is 406 g/mol. The number of piperazine rings is 1. The van der Waals surface area contributed by atoms with E-state index in [1.807, 2.05) is 49.4 Å². The minimum Gasteiger partial charge on any atom is -0.460 e. The predicted octanol–water partition coefficient (Wildman–Crippen LogP) is 2.97. The predicted molar refractivity (Wildman–Crippen MR) is 114 cm³/mol. The van der Waals surface area contributed by atoms with Gasteiger partial charge in [0, 0.05) is 25.2 Å². The summed E-state index contributed by atoms with van der Waals surface area (Å²) in [5, 5.41) is 0. The van der Waals surface area contributed by atoms with Crippen molar-refractivity contribution in [1.82, 2.24) is 9.80 Å². The topological polar surface area (TPSA) is 66.9 Å². The Kier molecular flexibility index (Phi) is 6.47. The first-order valence-corrected chi connectivity index (χ1v) is 9.88. The molecule has 30 heavy (non-hydrogen) atoms. The summed E-state index contributed by atoms with van der Waals surface area (Å²) in [6.07, 6.45) is 1.45. The van der Waals surface area contributed by atoms with Crippen LogP contribution >= 0.6 is 0 Å². The van der Waals surface area contributed by atoms with Crippen LogP contribution in [0.3, 0.4) is 0 Å². The van der Waals surface area contributed by atoms with Gasteiger partial charge in [0.1, 0.15) is 6.61 Å². The second kappa shape index (κ2) is 9.05. The molecular formula is C24H26N2O4. The van der Waals surface area contributed by atoms with E-state index in [1.54, 1.807) is 17.0 Å². The molecular weight excluding hydrogens is 380 g/mol. The Morgan fingerprint density at radius 3 is 2.40 bits per heavy atom. The summed E-state index contributed by atoms with van der Waals surface area (Å²) in [5.74, 6) is -1.68. The van der Waals surface area contributed by atoms with Crippen molar-refractivity contribution >= 4 is 17.8 Å². The number of rotatable bonds is 6. The highest BCUT2D eigenvalue weighted by Crippen LogP contribution is 2.28. The number of aryl methyl sites for hydroxylation is 1. The molecule has 1 atom stereocenters. The third kappa shape index (κ3) is 4.19. The molecule has 1 heterocycles. The Balaban J connectivity index is 1.91. The van der Waals surface area contributed by atoms with Gasteiger partial charge in [0.15, 0.2) is 5.54 Å². The van der Waals surface area contributed by atoms with Gasteiger partial charge in [-0.25, -0.2) is 4.79 Å². The Bertz CT molecular complexity index is 939. The van der Waals surface area contributed by atoms with Crippen LogP contribution in [-0.4, -0.2) is 52.8 Å². The maximum absolute atomic E-state index is 13.5. The Morgan fingerprint density at radius 1 is 1.10 bits per heavy atom. The van der Waals surface area contributed by atoms with Crippen molar-refractivity contribution in [3.63, 3.8) is 0 Å². The Hall–Kier alpha value is -3.25. The molecule has 3 rings (SSSR count). The SMILES string of the molecule is C=CCOC(=O)C1(C)C(=O)N(C(=O)c2ccc(C)cc2)CCN1Cc1ccccc1. The molecule has 6 nitrogen and oxygen atoms in total. The second-order valence-electron chi connectivity index (χ2n) is 7.49. The van der Waals surface area contributed by atoms with Crippen molar-refractivity contribution in [3.05, 3.63) is 83.9 Å². The summed E-state index contributed by atoms with van der Waals surface area (Å²) in [7, 11) is 0. The molecule has 2 aromatic rings. The van der Waals surface area contributed by atoms with Gasteiger partial charge in [0.05, 0.1) is 0 Å². The van der Waals surface area contributed by atoms with Crippen LogP contribution < -0.4 is 0 Å². The van der Waals surface area contributed by atoms with E-state index in [0.29, 0.717) is 18.7 Å². The molecule has 2 aromatic carbocycles. The number of ether oxygens (including phenoxy) is 1. The molecule has 6 heteroatoms. The number of carbonyl (C=O) groups excluding carboxylic acids is 3. The minimum absolute atomic E-state index is 0.00715. The van der Waals surface area contributed by atoms with E-state index in [1.165, 1.54) is 13.0 Å². The van der Waals surface area contributed by atoms with Crippen LogP contribution in [0.1, 0.15) is 28.4 Å². The zero-order valence-corrected chi connectivity index (χ0v) is 17.3. The molecule has 1 aliphatic rings. The highest BCUT2D eigenvalue weighted by atomic mass is 16.5. The highest BCUT2D eigenvalue weighted by Gasteiger charge is 2.54. The monoisotopic (exact) mass is 406 g/mol. The number of amides is 2. The fraction of sp³-hybridized carbons (Fsp3) is 0.292. The van der Waals surface area contributed by atoms with Crippen LogP contribution in [0.2, 0.25) is 0 Å². The number of benzene rings is 2. The first kappa shape index (κ1) is 21.5. The van der Waals surface area contributed by atoms with Crippen molar-refractivity contribution in [2.45, 2.75) is 25.9 Å². The molecule has 0 N–H and O–H groups in total. The quantitative estimate of drug-likeness (QED) is 0.319. The second-order valence-corrected chi connectivity index (χ2v) is 7.49.